The number of ether oxygens (including phenoxy) is 3. The number of hydrogen-bond acceptors (Lipinski definition) is 4. The minimum Gasteiger partial charge on any atom is -0.406 e. The quantitative estimate of drug-likeness (QED) is 0.687. The second-order valence-corrected chi connectivity index (χ2v) is 5.96. The van der Waals surface area contributed by atoms with Crippen LogP contribution in [0.3, 0.4) is 0 Å². The monoisotopic (exact) mass is 407 g/mol. The van der Waals surface area contributed by atoms with Crippen molar-refractivity contribution in [1.82, 2.24) is 0 Å². The first kappa shape index (κ1) is 20.3. The summed E-state index contributed by atoms with van der Waals surface area (Å²) in [5.41, 5.74) is 0.0142. The zero-order valence-corrected chi connectivity index (χ0v) is 14.2. The summed E-state index contributed by atoms with van der Waals surface area (Å²) in [6, 6.07) is 8.36. The topological polar surface area (TPSA) is 39.7 Å². The normalized spacial score (nSPS) is 15.6. The highest BCUT2D eigenvalue weighted by atomic mass is 19.4. The number of nitrogens with one attached hydrogen (secondary N) is 1. The molecule has 1 heterocycles. The summed E-state index contributed by atoms with van der Waals surface area (Å²) >= 11 is 0. The van der Waals surface area contributed by atoms with E-state index in [1.165, 1.54) is 18.2 Å². The molecule has 4 nitrogen and oxygen atoms in total. The van der Waals surface area contributed by atoms with Gasteiger partial charge >= 0.3 is 12.5 Å². The maximum atomic E-state index is 12.8. The fraction of sp³-hybridized carbons (Fsp3) is 0.333. The van der Waals surface area contributed by atoms with Crippen molar-refractivity contribution < 1.29 is 40.6 Å². The lowest BCUT2D eigenvalue weighted by Crippen LogP contribution is -2.17. The minimum absolute atomic E-state index is 0.0365. The maximum Gasteiger partial charge on any atom is 0.573 e. The zero-order chi connectivity index (χ0) is 20.4. The lowest BCUT2D eigenvalue weighted by Gasteiger charge is -2.16. The minimum atomic E-state index is -4.89. The number of rotatable bonds is 5. The molecule has 2 aromatic carbocycles. The van der Waals surface area contributed by atoms with Crippen LogP contribution in [0, 0.1) is 0 Å². The Balaban J connectivity index is 1.80. The average Bonchev–Trinajstić information content (AvgIpc) is 3.12. The van der Waals surface area contributed by atoms with Crippen molar-refractivity contribution in [1.29, 1.82) is 0 Å². The van der Waals surface area contributed by atoms with Gasteiger partial charge in [0.25, 0.3) is 0 Å². The molecule has 28 heavy (non-hydrogen) atoms. The van der Waals surface area contributed by atoms with Gasteiger partial charge in [-0.1, -0.05) is 12.1 Å². The zero-order valence-electron chi connectivity index (χ0n) is 14.2. The third kappa shape index (κ3) is 5.52. The van der Waals surface area contributed by atoms with Crippen LogP contribution in [0.1, 0.15) is 23.0 Å². The molecule has 10 heteroatoms. The third-order valence-electron chi connectivity index (χ3n) is 3.81. The molecule has 0 aromatic heterocycles. The van der Waals surface area contributed by atoms with Crippen molar-refractivity contribution in [2.45, 2.75) is 25.4 Å². The SMILES string of the molecule is FC(F)(F)Oc1cc(NCc2cccc(C(F)(F)F)c2)cc(C2OCCO2)c1. The number of alkyl halides is 6. The summed E-state index contributed by atoms with van der Waals surface area (Å²) in [6.07, 6.45) is -10.2. The molecule has 3 rings (SSSR count). The highest BCUT2D eigenvalue weighted by Crippen LogP contribution is 2.33. The Kier molecular flexibility index (Phi) is 5.71. The fourth-order valence-electron chi connectivity index (χ4n) is 2.67. The summed E-state index contributed by atoms with van der Waals surface area (Å²) in [7, 11) is 0. The van der Waals surface area contributed by atoms with Crippen molar-refractivity contribution >= 4 is 5.69 Å². The van der Waals surface area contributed by atoms with Gasteiger partial charge in [-0.15, -0.1) is 13.2 Å². The molecule has 0 spiro atoms. The molecule has 1 N–H and O–H groups in total. The molecule has 0 amide bonds. The molecule has 0 unspecified atom stereocenters. The van der Waals surface area contributed by atoms with Crippen molar-refractivity contribution in [2.75, 3.05) is 18.5 Å². The van der Waals surface area contributed by atoms with Crippen LogP contribution in [0.4, 0.5) is 32.0 Å². The number of anilines is 1. The average molecular weight is 407 g/mol. The van der Waals surface area contributed by atoms with E-state index in [9.17, 15) is 26.3 Å². The van der Waals surface area contributed by atoms with Gasteiger partial charge in [0, 0.05) is 23.9 Å². The van der Waals surface area contributed by atoms with Gasteiger partial charge in [-0.25, -0.2) is 0 Å². The van der Waals surface area contributed by atoms with Crippen LogP contribution >= 0.6 is 0 Å². The van der Waals surface area contributed by atoms with Gasteiger partial charge in [-0.05, 0) is 29.8 Å². The lowest BCUT2D eigenvalue weighted by molar-refractivity contribution is -0.274. The van der Waals surface area contributed by atoms with Crippen molar-refractivity contribution in [3.63, 3.8) is 0 Å². The standard InChI is InChI=1S/C18H15F6NO3/c19-17(20,21)13-3-1-2-11(6-13)10-25-14-7-12(16-26-4-5-27-16)8-15(9-14)28-18(22,23)24/h1-3,6-9,16,25H,4-5,10H2. The predicted molar refractivity (Wildman–Crippen MR) is 86.5 cm³/mol. The largest absolute Gasteiger partial charge is 0.573 e. The molecule has 1 saturated heterocycles. The van der Waals surface area contributed by atoms with E-state index < -0.39 is 30.1 Å². The van der Waals surface area contributed by atoms with Gasteiger partial charge in [0.15, 0.2) is 6.29 Å². The first-order chi connectivity index (χ1) is 13.1. The Hall–Kier alpha value is -2.46. The second-order valence-electron chi connectivity index (χ2n) is 5.96. The van der Waals surface area contributed by atoms with Gasteiger partial charge < -0.3 is 19.5 Å². The van der Waals surface area contributed by atoms with Crippen molar-refractivity contribution in [3.8, 4) is 5.75 Å². The van der Waals surface area contributed by atoms with Crippen LogP contribution in [0.25, 0.3) is 0 Å². The Bertz CT molecular complexity index is 816. The van der Waals surface area contributed by atoms with E-state index in [1.807, 2.05) is 0 Å². The van der Waals surface area contributed by atoms with Crippen LogP contribution in [0.5, 0.6) is 5.75 Å². The third-order valence-corrected chi connectivity index (χ3v) is 3.81. The van der Waals surface area contributed by atoms with Crippen LogP contribution in [-0.2, 0) is 22.2 Å². The summed E-state index contributed by atoms with van der Waals surface area (Å²) in [5, 5.41) is 2.80. The van der Waals surface area contributed by atoms with Gasteiger partial charge in [-0.3, -0.25) is 0 Å². The summed E-state index contributed by atoms with van der Waals surface area (Å²) in [4.78, 5) is 0. The first-order valence-corrected chi connectivity index (χ1v) is 8.14. The van der Waals surface area contributed by atoms with Gasteiger partial charge in [-0.2, -0.15) is 13.2 Å². The number of hydrogen-bond donors (Lipinski definition) is 1. The molecular formula is C18H15F6NO3. The van der Waals surface area contributed by atoms with E-state index in [-0.39, 0.29) is 12.2 Å². The molecule has 0 bridgehead atoms. The molecule has 1 fully saturated rings. The Labute approximate surface area is 156 Å². The van der Waals surface area contributed by atoms with Crippen LogP contribution in [0.2, 0.25) is 0 Å². The van der Waals surface area contributed by atoms with Crippen LogP contribution in [0.15, 0.2) is 42.5 Å². The van der Waals surface area contributed by atoms with Crippen LogP contribution in [-0.4, -0.2) is 19.6 Å². The van der Waals surface area contributed by atoms with E-state index in [0.717, 1.165) is 24.3 Å². The molecule has 0 radical (unpaired) electrons. The van der Waals surface area contributed by atoms with E-state index in [1.54, 1.807) is 0 Å². The molecule has 2 aromatic rings. The van der Waals surface area contributed by atoms with Crippen molar-refractivity contribution in [3.05, 3.63) is 59.2 Å². The van der Waals surface area contributed by atoms with E-state index >= 15 is 0 Å². The summed E-state index contributed by atoms with van der Waals surface area (Å²) in [5.74, 6) is -0.490. The first-order valence-electron chi connectivity index (χ1n) is 8.14. The van der Waals surface area contributed by atoms with Gasteiger partial charge in [0.05, 0.1) is 18.8 Å². The molecule has 152 valence electrons. The Morgan fingerprint density at radius 3 is 2.32 bits per heavy atom. The molecule has 0 aliphatic carbocycles. The lowest BCUT2D eigenvalue weighted by atomic mass is 10.1. The second kappa shape index (κ2) is 7.88. The molecule has 0 saturated carbocycles. The molecule has 0 atom stereocenters. The van der Waals surface area contributed by atoms with Crippen molar-refractivity contribution in [2.24, 2.45) is 0 Å². The van der Waals surface area contributed by atoms with Gasteiger partial charge in [0.1, 0.15) is 5.75 Å². The predicted octanol–water partition coefficient (Wildman–Crippen LogP) is 5.26. The highest BCUT2D eigenvalue weighted by molar-refractivity contribution is 5.52. The molecule has 1 aliphatic heterocycles. The summed E-state index contributed by atoms with van der Waals surface area (Å²) < 4.78 is 90.6. The fourth-order valence-corrected chi connectivity index (χ4v) is 2.67. The maximum absolute atomic E-state index is 12.8. The highest BCUT2D eigenvalue weighted by Gasteiger charge is 2.32. The Morgan fingerprint density at radius 1 is 0.964 bits per heavy atom. The number of benzene rings is 2. The van der Waals surface area contributed by atoms with E-state index in [0.29, 0.717) is 24.3 Å². The van der Waals surface area contributed by atoms with Gasteiger partial charge in [0.2, 0.25) is 0 Å². The smallest absolute Gasteiger partial charge is 0.406 e. The van der Waals surface area contributed by atoms with E-state index in [2.05, 4.69) is 10.1 Å². The summed E-state index contributed by atoms with van der Waals surface area (Å²) in [6.45, 7) is 0.551. The number of halogens is 6. The van der Waals surface area contributed by atoms with E-state index in [4.69, 9.17) is 9.47 Å². The molecular weight excluding hydrogens is 392 g/mol. The Morgan fingerprint density at radius 2 is 1.68 bits per heavy atom. The van der Waals surface area contributed by atoms with Crippen LogP contribution < -0.4 is 10.1 Å². The molecule has 1 aliphatic rings.